The first-order chi connectivity index (χ1) is 8.91. The third-order valence-corrected chi connectivity index (χ3v) is 3.54. The number of carbonyl (C=O) groups is 1. The van der Waals surface area contributed by atoms with E-state index in [-0.39, 0.29) is 12.6 Å². The van der Waals surface area contributed by atoms with Crippen LogP contribution < -0.4 is 10.0 Å². The molecule has 19 heavy (non-hydrogen) atoms. The number of hydrogen-bond donors (Lipinski definition) is 2. The Morgan fingerprint density at radius 3 is 2.53 bits per heavy atom. The summed E-state index contributed by atoms with van der Waals surface area (Å²) in [4.78, 5) is 10.5. The van der Waals surface area contributed by atoms with E-state index >= 15 is 0 Å². The molecule has 0 aliphatic rings. The predicted molar refractivity (Wildman–Crippen MR) is 74.0 cm³/mol. The SMILES string of the molecule is Cc1ccc(N(C(C)CCOC(N)=O)S(=O)O)cc1. The maximum absolute atomic E-state index is 11.4. The van der Waals surface area contributed by atoms with Crippen molar-refractivity contribution >= 4 is 23.0 Å². The minimum Gasteiger partial charge on any atom is -0.450 e. The van der Waals surface area contributed by atoms with Crippen LogP contribution in [0.25, 0.3) is 0 Å². The Morgan fingerprint density at radius 1 is 1.47 bits per heavy atom. The van der Waals surface area contributed by atoms with Gasteiger partial charge in [0.05, 0.1) is 12.3 Å². The number of rotatable bonds is 6. The Balaban J connectivity index is 2.74. The molecular formula is C12H18N2O4S. The van der Waals surface area contributed by atoms with Crippen LogP contribution in [0.3, 0.4) is 0 Å². The van der Waals surface area contributed by atoms with Gasteiger partial charge in [-0.1, -0.05) is 17.7 Å². The third kappa shape index (κ3) is 4.88. The summed E-state index contributed by atoms with van der Waals surface area (Å²) in [5.41, 5.74) is 6.56. The highest BCUT2D eigenvalue weighted by molar-refractivity contribution is 7.80. The van der Waals surface area contributed by atoms with Gasteiger partial charge >= 0.3 is 6.09 Å². The lowest BCUT2D eigenvalue weighted by atomic mass is 10.2. The molecule has 7 heteroatoms. The summed E-state index contributed by atoms with van der Waals surface area (Å²) in [6.07, 6.45) is -0.442. The normalized spacial score (nSPS) is 13.6. The summed E-state index contributed by atoms with van der Waals surface area (Å²) in [5.74, 6) is 0. The summed E-state index contributed by atoms with van der Waals surface area (Å²) in [5, 5.41) is 0. The zero-order chi connectivity index (χ0) is 14.4. The van der Waals surface area contributed by atoms with E-state index in [2.05, 4.69) is 4.74 Å². The molecule has 3 N–H and O–H groups in total. The Morgan fingerprint density at radius 2 is 2.05 bits per heavy atom. The van der Waals surface area contributed by atoms with Crippen LogP contribution in [0.2, 0.25) is 0 Å². The Bertz CT molecular complexity index is 450. The molecule has 106 valence electrons. The van der Waals surface area contributed by atoms with Crippen molar-refractivity contribution in [3.8, 4) is 0 Å². The van der Waals surface area contributed by atoms with Crippen LogP contribution in [0.5, 0.6) is 0 Å². The highest BCUT2D eigenvalue weighted by atomic mass is 32.2. The van der Waals surface area contributed by atoms with Gasteiger partial charge in [0.2, 0.25) is 0 Å². The second-order valence-electron chi connectivity index (χ2n) is 4.20. The first kappa shape index (κ1) is 15.5. The molecule has 2 atom stereocenters. The predicted octanol–water partition coefficient (Wildman–Crippen LogP) is 1.81. The fourth-order valence-electron chi connectivity index (χ4n) is 1.64. The minimum atomic E-state index is -2.14. The second-order valence-corrected chi connectivity index (χ2v) is 5.05. The zero-order valence-electron chi connectivity index (χ0n) is 10.9. The molecule has 0 saturated carbocycles. The van der Waals surface area contributed by atoms with Gasteiger partial charge in [-0.3, -0.25) is 8.86 Å². The molecule has 1 aromatic rings. The average Bonchev–Trinajstić information content (AvgIpc) is 2.31. The lowest BCUT2D eigenvalue weighted by Crippen LogP contribution is -2.35. The number of amides is 1. The molecule has 0 saturated heterocycles. The van der Waals surface area contributed by atoms with Crippen LogP contribution in [0, 0.1) is 6.92 Å². The van der Waals surface area contributed by atoms with Crippen LogP contribution in [0.1, 0.15) is 18.9 Å². The first-order valence-corrected chi connectivity index (χ1v) is 6.87. The number of nitrogens with two attached hydrogens (primary N) is 1. The number of ether oxygens (including phenoxy) is 1. The highest BCUT2D eigenvalue weighted by Crippen LogP contribution is 2.20. The molecule has 0 radical (unpaired) electrons. The van der Waals surface area contributed by atoms with Gasteiger partial charge in [-0.05, 0) is 26.0 Å². The minimum absolute atomic E-state index is 0.107. The molecule has 1 aromatic carbocycles. The molecule has 6 nitrogen and oxygen atoms in total. The Hall–Kier alpha value is -1.60. The van der Waals surface area contributed by atoms with Gasteiger partial charge in [-0.15, -0.1) is 0 Å². The maximum atomic E-state index is 11.4. The molecule has 0 aliphatic carbocycles. The molecule has 0 aliphatic heterocycles. The van der Waals surface area contributed by atoms with E-state index in [9.17, 15) is 13.6 Å². The van der Waals surface area contributed by atoms with E-state index in [4.69, 9.17) is 5.73 Å². The van der Waals surface area contributed by atoms with Crippen molar-refractivity contribution in [1.82, 2.24) is 0 Å². The largest absolute Gasteiger partial charge is 0.450 e. The average molecular weight is 286 g/mol. The van der Waals surface area contributed by atoms with Crippen molar-refractivity contribution in [3.05, 3.63) is 29.8 Å². The third-order valence-electron chi connectivity index (χ3n) is 2.64. The molecule has 0 fully saturated rings. The van der Waals surface area contributed by atoms with E-state index in [0.717, 1.165) is 5.56 Å². The van der Waals surface area contributed by atoms with Crippen molar-refractivity contribution in [1.29, 1.82) is 0 Å². The molecule has 0 spiro atoms. The standard InChI is InChI=1S/C12H18N2O4S/c1-9-3-5-11(6-4-9)14(19(16)17)10(2)7-8-18-12(13)15/h3-6,10H,7-8H2,1-2H3,(H2,13,15)(H,16,17). The van der Waals surface area contributed by atoms with Crippen molar-refractivity contribution in [2.24, 2.45) is 5.73 Å². The van der Waals surface area contributed by atoms with Crippen molar-refractivity contribution in [2.45, 2.75) is 26.3 Å². The number of aryl methyl sites for hydroxylation is 1. The van der Waals surface area contributed by atoms with Crippen LogP contribution in [-0.2, 0) is 16.0 Å². The monoisotopic (exact) mass is 286 g/mol. The summed E-state index contributed by atoms with van der Waals surface area (Å²) in [7, 11) is 0. The summed E-state index contributed by atoms with van der Waals surface area (Å²) < 4.78 is 26.8. The van der Waals surface area contributed by atoms with Gasteiger partial charge in [0.15, 0.2) is 0 Å². The number of nitrogens with zero attached hydrogens (tertiary/aromatic N) is 1. The number of benzene rings is 1. The van der Waals surface area contributed by atoms with E-state index in [1.165, 1.54) is 4.31 Å². The van der Waals surface area contributed by atoms with Crippen molar-refractivity contribution < 1.29 is 18.3 Å². The smallest absolute Gasteiger partial charge is 0.404 e. The van der Waals surface area contributed by atoms with Gasteiger partial charge in [-0.25, -0.2) is 9.00 Å². The van der Waals surface area contributed by atoms with E-state index in [0.29, 0.717) is 12.1 Å². The van der Waals surface area contributed by atoms with Crippen LogP contribution in [0.15, 0.2) is 24.3 Å². The van der Waals surface area contributed by atoms with E-state index < -0.39 is 17.4 Å². The maximum Gasteiger partial charge on any atom is 0.404 e. The van der Waals surface area contributed by atoms with E-state index in [1.807, 2.05) is 19.1 Å². The number of anilines is 1. The second kappa shape index (κ2) is 7.10. The summed E-state index contributed by atoms with van der Waals surface area (Å²) >= 11 is -2.14. The molecule has 2 unspecified atom stereocenters. The summed E-state index contributed by atoms with van der Waals surface area (Å²) in [6.45, 7) is 3.82. The zero-order valence-corrected chi connectivity index (χ0v) is 11.7. The summed E-state index contributed by atoms with van der Waals surface area (Å²) in [6, 6.07) is 7.00. The fourth-order valence-corrected chi connectivity index (χ4v) is 2.35. The quantitative estimate of drug-likeness (QED) is 0.780. The Labute approximate surface area is 115 Å². The molecule has 0 heterocycles. The molecule has 0 aromatic heterocycles. The fraction of sp³-hybridized carbons (Fsp3) is 0.417. The molecule has 1 amide bonds. The van der Waals surface area contributed by atoms with E-state index in [1.54, 1.807) is 19.1 Å². The van der Waals surface area contributed by atoms with Gasteiger partial charge in [0.1, 0.15) is 0 Å². The van der Waals surface area contributed by atoms with Crippen LogP contribution in [0.4, 0.5) is 10.5 Å². The lowest BCUT2D eigenvalue weighted by molar-refractivity contribution is 0.153. The van der Waals surface area contributed by atoms with Gasteiger partial charge < -0.3 is 10.5 Å². The highest BCUT2D eigenvalue weighted by Gasteiger charge is 2.19. The number of carbonyl (C=O) groups excluding carboxylic acids is 1. The van der Waals surface area contributed by atoms with Gasteiger partial charge in [0.25, 0.3) is 11.3 Å². The number of hydrogen-bond acceptors (Lipinski definition) is 3. The van der Waals surface area contributed by atoms with Crippen LogP contribution in [-0.4, -0.2) is 27.5 Å². The topological polar surface area (TPSA) is 92.9 Å². The van der Waals surface area contributed by atoms with Crippen molar-refractivity contribution in [2.75, 3.05) is 10.9 Å². The molecule has 0 bridgehead atoms. The van der Waals surface area contributed by atoms with Crippen molar-refractivity contribution in [3.63, 3.8) is 0 Å². The van der Waals surface area contributed by atoms with Gasteiger partial charge in [-0.2, -0.15) is 0 Å². The number of primary amides is 1. The van der Waals surface area contributed by atoms with Gasteiger partial charge in [0, 0.05) is 12.5 Å². The van der Waals surface area contributed by atoms with Crippen LogP contribution >= 0.6 is 0 Å². The lowest BCUT2D eigenvalue weighted by Gasteiger charge is -2.26. The molecular weight excluding hydrogens is 268 g/mol. The molecule has 1 rings (SSSR count). The Kier molecular flexibility index (Phi) is 5.78. The first-order valence-electron chi connectivity index (χ1n) is 5.81.